The highest BCUT2D eigenvalue weighted by Crippen LogP contribution is 2.27. The molecule has 0 bridgehead atoms. The van der Waals surface area contributed by atoms with Crippen LogP contribution in [0.1, 0.15) is 48.2 Å². The number of pyridine rings is 1. The van der Waals surface area contributed by atoms with Gasteiger partial charge in [0.05, 0.1) is 36.9 Å². The predicted octanol–water partition coefficient (Wildman–Crippen LogP) is 2.95. The third kappa shape index (κ3) is 5.47. The highest BCUT2D eigenvalue weighted by molar-refractivity contribution is 5.99. The Morgan fingerprint density at radius 1 is 1.10 bits per heavy atom. The fraction of sp³-hybridized carbons (Fsp3) is 0.500. The summed E-state index contributed by atoms with van der Waals surface area (Å²) in [7, 11) is 0. The van der Waals surface area contributed by atoms with E-state index in [9.17, 15) is 4.79 Å². The Kier molecular flexibility index (Phi) is 6.89. The summed E-state index contributed by atoms with van der Waals surface area (Å²) in [5, 5.41) is 15.5. The number of nitrogens with zero attached hydrogens (tertiary/aromatic N) is 5. The van der Waals surface area contributed by atoms with Crippen LogP contribution in [0.15, 0.2) is 24.7 Å². The zero-order valence-electron chi connectivity index (χ0n) is 17.5. The van der Waals surface area contributed by atoms with Crippen LogP contribution in [-0.2, 0) is 4.74 Å². The summed E-state index contributed by atoms with van der Waals surface area (Å²) in [5.74, 6) is 1.63. The first-order chi connectivity index (χ1) is 15.2. The van der Waals surface area contributed by atoms with E-state index in [0.717, 1.165) is 12.2 Å². The molecule has 2 N–H and O–H groups in total. The molecular weight excluding hydrogens is 394 g/mol. The highest BCUT2D eigenvalue weighted by Gasteiger charge is 2.23. The lowest BCUT2D eigenvalue weighted by Gasteiger charge is -2.28. The molecule has 1 saturated heterocycles. The summed E-state index contributed by atoms with van der Waals surface area (Å²) < 4.78 is 5.38. The molecule has 2 aromatic rings. The van der Waals surface area contributed by atoms with Gasteiger partial charge in [-0.1, -0.05) is 19.3 Å². The van der Waals surface area contributed by atoms with E-state index in [1.165, 1.54) is 44.5 Å². The van der Waals surface area contributed by atoms with Crippen LogP contribution in [0.2, 0.25) is 0 Å². The standard InChI is InChI=1S/C22H27N7O2/c23-11-17-13-26-21(15-24-17)28-20-10-19(25-12-16-4-2-1-3-5-16)18(14-27-20)22(30)29-6-8-31-9-7-29/h10,13-16H,1-9,12H2,(H2,25,26,27,28). The Morgan fingerprint density at radius 3 is 2.58 bits per heavy atom. The van der Waals surface area contributed by atoms with Crippen molar-refractivity contribution < 1.29 is 9.53 Å². The van der Waals surface area contributed by atoms with Crippen molar-refractivity contribution in [2.45, 2.75) is 32.1 Å². The molecule has 0 radical (unpaired) electrons. The molecule has 0 atom stereocenters. The normalized spacial score (nSPS) is 17.1. The van der Waals surface area contributed by atoms with E-state index < -0.39 is 0 Å². The number of amides is 1. The highest BCUT2D eigenvalue weighted by atomic mass is 16.5. The predicted molar refractivity (Wildman–Crippen MR) is 116 cm³/mol. The second-order valence-electron chi connectivity index (χ2n) is 7.93. The van der Waals surface area contributed by atoms with Crippen molar-refractivity contribution in [1.29, 1.82) is 5.26 Å². The minimum atomic E-state index is -0.0355. The van der Waals surface area contributed by atoms with Gasteiger partial charge in [-0.25, -0.2) is 15.0 Å². The molecule has 2 aromatic heterocycles. The van der Waals surface area contributed by atoms with E-state index in [1.807, 2.05) is 17.0 Å². The van der Waals surface area contributed by atoms with Gasteiger partial charge in [-0.3, -0.25) is 4.79 Å². The minimum absolute atomic E-state index is 0.0355. The van der Waals surface area contributed by atoms with Gasteiger partial charge < -0.3 is 20.3 Å². The van der Waals surface area contributed by atoms with Gasteiger partial charge in [-0.2, -0.15) is 5.26 Å². The molecule has 1 amide bonds. The van der Waals surface area contributed by atoms with Crippen molar-refractivity contribution in [2.24, 2.45) is 5.92 Å². The van der Waals surface area contributed by atoms with E-state index in [0.29, 0.717) is 49.4 Å². The second kappa shape index (κ2) is 10.2. The molecule has 4 rings (SSSR count). The van der Waals surface area contributed by atoms with Gasteiger partial charge in [0.2, 0.25) is 0 Å². The first-order valence-electron chi connectivity index (χ1n) is 10.8. The number of rotatable bonds is 6. The lowest BCUT2D eigenvalue weighted by atomic mass is 9.89. The number of morpholine rings is 1. The molecular formula is C22H27N7O2. The van der Waals surface area contributed by atoms with Crippen LogP contribution < -0.4 is 10.6 Å². The number of nitriles is 1. The molecule has 2 aliphatic rings. The molecule has 2 fully saturated rings. The number of hydrogen-bond acceptors (Lipinski definition) is 8. The SMILES string of the molecule is N#Cc1cnc(Nc2cc(NCC3CCCCC3)c(C(=O)N3CCOCC3)cn2)cn1. The Hall–Kier alpha value is -3.25. The molecule has 1 saturated carbocycles. The Morgan fingerprint density at radius 2 is 1.87 bits per heavy atom. The summed E-state index contributed by atoms with van der Waals surface area (Å²) in [6.45, 7) is 3.12. The van der Waals surface area contributed by atoms with Gasteiger partial charge in [0.25, 0.3) is 5.91 Å². The maximum atomic E-state index is 13.1. The monoisotopic (exact) mass is 421 g/mol. The van der Waals surface area contributed by atoms with E-state index in [2.05, 4.69) is 25.6 Å². The fourth-order valence-corrected chi connectivity index (χ4v) is 4.00. The van der Waals surface area contributed by atoms with Crippen molar-refractivity contribution >= 4 is 23.2 Å². The molecule has 1 aliphatic carbocycles. The number of carbonyl (C=O) groups is 1. The summed E-state index contributed by atoms with van der Waals surface area (Å²) in [6, 6.07) is 3.79. The van der Waals surface area contributed by atoms with Gasteiger partial charge in [-0.05, 0) is 18.8 Å². The van der Waals surface area contributed by atoms with Crippen LogP contribution in [0.4, 0.5) is 17.3 Å². The lowest BCUT2D eigenvalue weighted by molar-refractivity contribution is 0.0303. The van der Waals surface area contributed by atoms with Crippen LogP contribution in [0.5, 0.6) is 0 Å². The quantitative estimate of drug-likeness (QED) is 0.731. The number of carbonyl (C=O) groups excluding carboxylic acids is 1. The topological polar surface area (TPSA) is 116 Å². The number of anilines is 3. The van der Waals surface area contributed by atoms with Crippen LogP contribution in [0, 0.1) is 17.2 Å². The van der Waals surface area contributed by atoms with E-state index in [4.69, 9.17) is 10.00 Å². The van der Waals surface area contributed by atoms with Crippen LogP contribution in [0.3, 0.4) is 0 Å². The molecule has 9 nitrogen and oxygen atoms in total. The fourth-order valence-electron chi connectivity index (χ4n) is 4.00. The van der Waals surface area contributed by atoms with Crippen molar-refractivity contribution in [3.63, 3.8) is 0 Å². The molecule has 0 aromatic carbocycles. The second-order valence-corrected chi connectivity index (χ2v) is 7.93. The van der Waals surface area contributed by atoms with Crippen molar-refractivity contribution in [2.75, 3.05) is 43.5 Å². The van der Waals surface area contributed by atoms with Gasteiger partial charge in [0.1, 0.15) is 17.7 Å². The first kappa shape index (κ1) is 21.0. The van der Waals surface area contributed by atoms with Crippen molar-refractivity contribution in [3.05, 3.63) is 35.9 Å². The van der Waals surface area contributed by atoms with Gasteiger partial charge in [0, 0.05) is 31.9 Å². The van der Waals surface area contributed by atoms with E-state index >= 15 is 0 Å². The van der Waals surface area contributed by atoms with Crippen LogP contribution in [-0.4, -0.2) is 58.6 Å². The molecule has 0 spiro atoms. The first-order valence-corrected chi connectivity index (χ1v) is 10.8. The van der Waals surface area contributed by atoms with Crippen molar-refractivity contribution in [1.82, 2.24) is 19.9 Å². The number of nitrogens with one attached hydrogen (secondary N) is 2. The summed E-state index contributed by atoms with van der Waals surface area (Å²) in [5.41, 5.74) is 1.58. The Bertz CT molecular complexity index is 930. The zero-order valence-corrected chi connectivity index (χ0v) is 17.5. The largest absolute Gasteiger partial charge is 0.384 e. The summed E-state index contributed by atoms with van der Waals surface area (Å²) >= 11 is 0. The molecule has 1 aliphatic heterocycles. The zero-order chi connectivity index (χ0) is 21.5. The summed E-state index contributed by atoms with van der Waals surface area (Å²) in [6.07, 6.45) is 10.8. The maximum absolute atomic E-state index is 13.1. The third-order valence-corrected chi connectivity index (χ3v) is 5.76. The molecule has 31 heavy (non-hydrogen) atoms. The lowest BCUT2D eigenvalue weighted by Crippen LogP contribution is -2.41. The van der Waals surface area contributed by atoms with Crippen LogP contribution >= 0.6 is 0 Å². The average molecular weight is 422 g/mol. The summed E-state index contributed by atoms with van der Waals surface area (Å²) in [4.78, 5) is 27.6. The maximum Gasteiger partial charge on any atom is 0.257 e. The molecule has 9 heteroatoms. The smallest absolute Gasteiger partial charge is 0.257 e. The number of ether oxygens (including phenoxy) is 1. The Balaban J connectivity index is 1.53. The van der Waals surface area contributed by atoms with Gasteiger partial charge in [-0.15, -0.1) is 0 Å². The average Bonchev–Trinajstić information content (AvgIpc) is 2.84. The van der Waals surface area contributed by atoms with E-state index in [1.54, 1.807) is 6.20 Å². The van der Waals surface area contributed by atoms with Gasteiger partial charge in [0.15, 0.2) is 5.69 Å². The van der Waals surface area contributed by atoms with Crippen LogP contribution in [0.25, 0.3) is 0 Å². The van der Waals surface area contributed by atoms with E-state index in [-0.39, 0.29) is 11.6 Å². The van der Waals surface area contributed by atoms with Crippen molar-refractivity contribution in [3.8, 4) is 6.07 Å². The third-order valence-electron chi connectivity index (χ3n) is 5.76. The number of hydrogen-bond donors (Lipinski definition) is 2. The molecule has 3 heterocycles. The number of aromatic nitrogens is 3. The molecule has 162 valence electrons. The Labute approximate surface area is 181 Å². The molecule has 0 unspecified atom stereocenters. The minimum Gasteiger partial charge on any atom is -0.384 e. The van der Waals surface area contributed by atoms with Gasteiger partial charge >= 0.3 is 0 Å².